The highest BCUT2D eigenvalue weighted by atomic mass is 16.5. The minimum atomic E-state index is -0.318. The lowest BCUT2D eigenvalue weighted by atomic mass is 10.2. The molecule has 1 fully saturated rings. The molecule has 164 valence electrons. The molecule has 0 saturated carbocycles. The second kappa shape index (κ2) is 9.49. The first-order chi connectivity index (χ1) is 15.1. The zero-order chi connectivity index (χ0) is 21.8. The van der Waals surface area contributed by atoms with Crippen molar-refractivity contribution in [1.29, 1.82) is 0 Å². The molecular weight excluding hydrogens is 392 g/mol. The summed E-state index contributed by atoms with van der Waals surface area (Å²) in [5.41, 5.74) is 4.53. The van der Waals surface area contributed by atoms with Crippen molar-refractivity contribution >= 4 is 22.7 Å². The van der Waals surface area contributed by atoms with E-state index in [1.54, 1.807) is 0 Å². The van der Waals surface area contributed by atoms with Gasteiger partial charge in [0.2, 0.25) is 0 Å². The molecule has 0 spiro atoms. The van der Waals surface area contributed by atoms with Crippen molar-refractivity contribution in [3.05, 3.63) is 48.0 Å². The van der Waals surface area contributed by atoms with Crippen molar-refractivity contribution in [2.45, 2.75) is 19.9 Å². The Bertz CT molecular complexity index is 1040. The zero-order valence-corrected chi connectivity index (χ0v) is 18.5. The van der Waals surface area contributed by atoms with E-state index in [2.05, 4.69) is 38.6 Å². The number of nitrogens with zero attached hydrogens (tertiary/aromatic N) is 4. The van der Waals surface area contributed by atoms with Crippen molar-refractivity contribution in [2.75, 3.05) is 52.0 Å². The number of imidazole rings is 1. The molecule has 0 amide bonds. The van der Waals surface area contributed by atoms with Crippen LogP contribution in [-0.2, 0) is 16.0 Å². The van der Waals surface area contributed by atoms with Crippen molar-refractivity contribution < 1.29 is 14.3 Å². The van der Waals surface area contributed by atoms with Crippen LogP contribution in [0.3, 0.4) is 0 Å². The molecule has 3 aromatic rings. The largest absolute Gasteiger partial charge is 0.462 e. The number of fused-ring (bicyclic) bond motifs is 1. The van der Waals surface area contributed by atoms with Crippen LogP contribution in [0.2, 0.25) is 0 Å². The highest BCUT2D eigenvalue weighted by molar-refractivity contribution is 5.94. The van der Waals surface area contributed by atoms with Crippen molar-refractivity contribution in [3.63, 3.8) is 0 Å². The lowest BCUT2D eigenvalue weighted by molar-refractivity contribution is -0.0144. The minimum absolute atomic E-state index is 0.318. The van der Waals surface area contributed by atoms with Gasteiger partial charge in [0, 0.05) is 51.6 Å². The van der Waals surface area contributed by atoms with E-state index in [1.165, 1.54) is 0 Å². The molecule has 0 N–H and O–H groups in total. The lowest BCUT2D eigenvalue weighted by Crippen LogP contribution is -2.35. The molecule has 2 heterocycles. The minimum Gasteiger partial charge on any atom is -0.462 e. The van der Waals surface area contributed by atoms with Gasteiger partial charge in [0.05, 0.1) is 29.9 Å². The Balaban J connectivity index is 1.71. The Morgan fingerprint density at radius 2 is 1.97 bits per heavy atom. The highest BCUT2D eigenvalue weighted by Crippen LogP contribution is 2.27. The SMILES string of the molecule is CCOC(=O)c1ccc2c(c1)nc(-c1ccc(N(C)C)cc1)n2CCN1CCCOC1. The van der Waals surface area contributed by atoms with Crippen molar-refractivity contribution in [1.82, 2.24) is 14.5 Å². The topological polar surface area (TPSA) is 59.8 Å². The van der Waals surface area contributed by atoms with E-state index in [-0.39, 0.29) is 5.97 Å². The molecular formula is C24H30N4O3. The van der Waals surface area contributed by atoms with Crippen LogP contribution in [0.5, 0.6) is 0 Å². The molecule has 1 saturated heterocycles. The maximum absolute atomic E-state index is 12.2. The first kappa shape index (κ1) is 21.3. The second-order valence-electron chi connectivity index (χ2n) is 7.96. The van der Waals surface area contributed by atoms with Crippen LogP contribution in [0.4, 0.5) is 5.69 Å². The smallest absolute Gasteiger partial charge is 0.338 e. The van der Waals surface area contributed by atoms with E-state index < -0.39 is 0 Å². The van der Waals surface area contributed by atoms with Gasteiger partial charge in [0.25, 0.3) is 0 Å². The van der Waals surface area contributed by atoms with E-state index in [1.807, 2.05) is 39.2 Å². The molecule has 2 aromatic carbocycles. The van der Waals surface area contributed by atoms with E-state index in [0.717, 1.165) is 60.8 Å². The standard InChI is InChI=1S/C24H30N4O3/c1-4-31-24(29)19-8-11-22-21(16-19)25-23(18-6-9-20(10-7-18)26(2)3)28(22)14-13-27-12-5-15-30-17-27/h6-11,16H,4-5,12-15,17H2,1-3H3. The number of esters is 1. The fourth-order valence-electron chi connectivity index (χ4n) is 3.89. The molecule has 0 bridgehead atoms. The molecule has 31 heavy (non-hydrogen) atoms. The van der Waals surface area contributed by atoms with Crippen molar-refractivity contribution in [3.8, 4) is 11.4 Å². The molecule has 0 radical (unpaired) electrons. The second-order valence-corrected chi connectivity index (χ2v) is 7.96. The third kappa shape index (κ3) is 4.73. The number of carbonyl (C=O) groups is 1. The summed E-state index contributed by atoms with van der Waals surface area (Å²) < 4.78 is 13.0. The van der Waals surface area contributed by atoms with Crippen LogP contribution in [0.15, 0.2) is 42.5 Å². The maximum atomic E-state index is 12.2. The Morgan fingerprint density at radius 3 is 2.65 bits per heavy atom. The Morgan fingerprint density at radius 1 is 1.16 bits per heavy atom. The number of benzene rings is 2. The summed E-state index contributed by atoms with van der Waals surface area (Å²) in [6.07, 6.45) is 1.06. The third-order valence-corrected chi connectivity index (χ3v) is 5.58. The van der Waals surface area contributed by atoms with Gasteiger partial charge >= 0.3 is 5.97 Å². The molecule has 0 unspecified atom stereocenters. The molecule has 0 aliphatic carbocycles. The van der Waals surface area contributed by atoms with Crippen LogP contribution >= 0.6 is 0 Å². The Labute approximate surface area is 183 Å². The average Bonchev–Trinajstić information content (AvgIpc) is 3.16. The number of ether oxygens (including phenoxy) is 2. The van der Waals surface area contributed by atoms with Crippen LogP contribution in [0.25, 0.3) is 22.4 Å². The van der Waals surface area contributed by atoms with Crippen LogP contribution < -0.4 is 4.90 Å². The van der Waals surface area contributed by atoms with Crippen LogP contribution in [0, 0.1) is 0 Å². The van der Waals surface area contributed by atoms with Gasteiger partial charge in [-0.15, -0.1) is 0 Å². The fraction of sp³-hybridized carbons (Fsp3) is 0.417. The average molecular weight is 423 g/mol. The van der Waals surface area contributed by atoms with Gasteiger partial charge in [-0.05, 0) is 55.8 Å². The van der Waals surface area contributed by atoms with E-state index >= 15 is 0 Å². The molecule has 7 nitrogen and oxygen atoms in total. The summed E-state index contributed by atoms with van der Waals surface area (Å²) in [5, 5.41) is 0. The van der Waals surface area contributed by atoms with E-state index in [9.17, 15) is 4.79 Å². The van der Waals surface area contributed by atoms with Gasteiger partial charge in [-0.1, -0.05) is 0 Å². The normalized spacial score (nSPS) is 14.7. The molecule has 1 aromatic heterocycles. The summed E-state index contributed by atoms with van der Waals surface area (Å²) in [7, 11) is 4.06. The van der Waals surface area contributed by atoms with E-state index in [0.29, 0.717) is 18.9 Å². The fourth-order valence-corrected chi connectivity index (χ4v) is 3.89. The number of aromatic nitrogens is 2. The van der Waals surface area contributed by atoms with Gasteiger partial charge in [0.1, 0.15) is 5.82 Å². The van der Waals surface area contributed by atoms with Crippen molar-refractivity contribution in [2.24, 2.45) is 0 Å². The zero-order valence-electron chi connectivity index (χ0n) is 18.5. The number of rotatable bonds is 7. The lowest BCUT2D eigenvalue weighted by Gasteiger charge is -2.26. The summed E-state index contributed by atoms with van der Waals surface area (Å²) in [5.74, 6) is 0.584. The van der Waals surface area contributed by atoms with E-state index in [4.69, 9.17) is 14.5 Å². The molecule has 1 aliphatic heterocycles. The van der Waals surface area contributed by atoms with Gasteiger partial charge in [-0.2, -0.15) is 0 Å². The van der Waals surface area contributed by atoms with Gasteiger partial charge < -0.3 is 18.9 Å². The molecule has 7 heteroatoms. The summed E-state index contributed by atoms with van der Waals surface area (Å²) in [4.78, 5) is 21.5. The third-order valence-electron chi connectivity index (χ3n) is 5.58. The van der Waals surface area contributed by atoms with Gasteiger partial charge in [-0.25, -0.2) is 9.78 Å². The number of carbonyl (C=O) groups excluding carboxylic acids is 1. The quantitative estimate of drug-likeness (QED) is 0.542. The predicted octanol–water partition coefficient (Wildman–Crippen LogP) is 3.63. The molecule has 4 rings (SSSR count). The van der Waals surface area contributed by atoms with Crippen LogP contribution in [-0.4, -0.2) is 67.5 Å². The summed E-state index contributed by atoms with van der Waals surface area (Å²) in [6.45, 7) is 6.40. The Kier molecular flexibility index (Phi) is 6.53. The summed E-state index contributed by atoms with van der Waals surface area (Å²) >= 11 is 0. The first-order valence-corrected chi connectivity index (χ1v) is 10.8. The molecule has 0 atom stereocenters. The Hall–Kier alpha value is -2.90. The monoisotopic (exact) mass is 422 g/mol. The summed E-state index contributed by atoms with van der Waals surface area (Å²) in [6, 6.07) is 14.0. The first-order valence-electron chi connectivity index (χ1n) is 10.8. The number of hydrogen-bond acceptors (Lipinski definition) is 6. The van der Waals surface area contributed by atoms with Crippen LogP contribution in [0.1, 0.15) is 23.7 Å². The predicted molar refractivity (Wildman–Crippen MR) is 122 cm³/mol. The van der Waals surface area contributed by atoms with Gasteiger partial charge in [-0.3, -0.25) is 4.90 Å². The molecule has 1 aliphatic rings. The highest BCUT2D eigenvalue weighted by Gasteiger charge is 2.17. The maximum Gasteiger partial charge on any atom is 0.338 e. The van der Waals surface area contributed by atoms with Gasteiger partial charge in [0.15, 0.2) is 0 Å². The number of hydrogen-bond donors (Lipinski definition) is 0. The number of anilines is 1.